The topological polar surface area (TPSA) is 164 Å². The number of hydrogen-bond donors (Lipinski definition) is 3. The molecule has 2 amide bonds. The number of aliphatic carboxylic acids is 1. The van der Waals surface area contributed by atoms with Crippen molar-refractivity contribution in [3.05, 3.63) is 52.1 Å². The molecule has 14 heteroatoms. The minimum atomic E-state index is -1.20. The highest BCUT2D eigenvalue weighted by Gasteiger charge is 2.54. The predicted octanol–water partition coefficient (Wildman–Crippen LogP) is 1.17. The van der Waals surface area contributed by atoms with Crippen LogP contribution < -0.4 is 15.6 Å². The number of nitrogens with one attached hydrogen (secondary N) is 1. The van der Waals surface area contributed by atoms with Gasteiger partial charge in [-0.1, -0.05) is 5.16 Å². The summed E-state index contributed by atoms with van der Waals surface area (Å²) >= 11 is 2.52. The van der Waals surface area contributed by atoms with E-state index in [9.17, 15) is 19.5 Å². The number of carboxylic acids is 1. The first-order valence-electron chi connectivity index (χ1n) is 11.1. The molecule has 4 N–H and O–H groups in total. The second kappa shape index (κ2) is 9.52. The molecule has 5 heterocycles. The minimum Gasteiger partial charge on any atom is -0.477 e. The Kier molecular flexibility index (Phi) is 6.37. The van der Waals surface area contributed by atoms with E-state index in [1.54, 1.807) is 5.38 Å². The third-order valence-corrected chi connectivity index (χ3v) is 7.99. The Hall–Kier alpha value is -3.91. The number of nitrogens with two attached hydrogens (primary N) is 1. The summed E-state index contributed by atoms with van der Waals surface area (Å²) in [6.45, 7) is 4.08. The third kappa shape index (κ3) is 4.42. The quantitative estimate of drug-likeness (QED) is 0.172. The summed E-state index contributed by atoms with van der Waals surface area (Å²) in [6.07, 6.45) is 3.78. The van der Waals surface area contributed by atoms with Gasteiger partial charge < -0.3 is 25.4 Å². The third-order valence-electron chi connectivity index (χ3n) is 5.98. The largest absolute Gasteiger partial charge is 0.477 e. The van der Waals surface area contributed by atoms with Crippen molar-refractivity contribution in [3.8, 4) is 0 Å². The van der Waals surface area contributed by atoms with Crippen LogP contribution in [0.1, 0.15) is 17.0 Å². The van der Waals surface area contributed by atoms with E-state index in [0.717, 1.165) is 33.6 Å². The van der Waals surface area contributed by atoms with E-state index in [4.69, 9.17) is 15.0 Å². The molecule has 0 radical (unpaired) electrons. The Labute approximate surface area is 218 Å². The van der Waals surface area contributed by atoms with Gasteiger partial charge in [-0.3, -0.25) is 14.5 Å². The highest BCUT2D eigenvalue weighted by molar-refractivity contribution is 8.00. The number of carbonyl (C=O) groups is 3. The van der Waals surface area contributed by atoms with Gasteiger partial charge in [0.2, 0.25) is 0 Å². The Bertz CT molecular complexity index is 1510. The maximum absolute atomic E-state index is 13.1. The molecule has 2 aliphatic rings. The number of β-lactam (4-membered cyclic amide) rings is 1. The lowest BCUT2D eigenvalue weighted by Crippen LogP contribution is -2.71. The van der Waals surface area contributed by atoms with Gasteiger partial charge in [-0.2, -0.15) is 4.57 Å². The van der Waals surface area contributed by atoms with Gasteiger partial charge >= 0.3 is 5.97 Å². The molecule has 192 valence electrons. The van der Waals surface area contributed by atoms with Crippen LogP contribution in [-0.4, -0.2) is 62.8 Å². The van der Waals surface area contributed by atoms with Crippen LogP contribution in [0.5, 0.6) is 0 Å². The zero-order valence-electron chi connectivity index (χ0n) is 20.0. The van der Waals surface area contributed by atoms with Gasteiger partial charge in [0.05, 0.1) is 10.9 Å². The zero-order chi connectivity index (χ0) is 26.4. The van der Waals surface area contributed by atoms with Gasteiger partial charge in [-0.05, 0) is 19.9 Å². The molecule has 0 aliphatic carbocycles. The Balaban J connectivity index is 1.37. The first-order valence-corrected chi connectivity index (χ1v) is 13.0. The monoisotopic (exact) mass is 543 g/mol. The van der Waals surface area contributed by atoms with Crippen LogP contribution in [0.15, 0.2) is 44.7 Å². The average molecular weight is 544 g/mol. The number of aryl methyl sites for hydroxylation is 2. The number of hydrogen-bond acceptors (Lipinski definition) is 10. The summed E-state index contributed by atoms with van der Waals surface area (Å²) in [5.74, 6) is -1.23. The van der Waals surface area contributed by atoms with Gasteiger partial charge in [0, 0.05) is 16.7 Å². The molecular formula is C23H23N6O6S2+. The van der Waals surface area contributed by atoms with E-state index >= 15 is 0 Å². The highest BCUT2D eigenvalue weighted by atomic mass is 32.2. The van der Waals surface area contributed by atoms with Gasteiger partial charge in [-0.25, -0.2) is 9.78 Å². The number of fused-ring (bicyclic) bond motifs is 2. The number of thiazole rings is 1. The number of nitrogens with zero attached hydrogens (tertiary/aromatic N) is 4. The molecule has 0 spiro atoms. The SMILES string of the molecule is CON=C(C(=O)NC1C(=O)N2C(C(=O)O)=C(C[n+]3cc(C)c4oc(C)cc4c3)CS[C@H]12)c1csc(N)n1. The maximum atomic E-state index is 13.1. The second-order valence-corrected chi connectivity index (χ2v) is 10.6. The van der Waals surface area contributed by atoms with Crippen molar-refractivity contribution < 1.29 is 33.3 Å². The molecule has 0 saturated carbocycles. The highest BCUT2D eigenvalue weighted by Crippen LogP contribution is 2.40. The van der Waals surface area contributed by atoms with Crippen LogP contribution in [0, 0.1) is 13.8 Å². The van der Waals surface area contributed by atoms with E-state index in [1.165, 1.54) is 23.8 Å². The van der Waals surface area contributed by atoms with Crippen LogP contribution in [0.2, 0.25) is 0 Å². The van der Waals surface area contributed by atoms with Crippen LogP contribution in [0.25, 0.3) is 11.0 Å². The number of oxime groups is 1. The minimum absolute atomic E-state index is 0.0640. The molecule has 1 fully saturated rings. The zero-order valence-corrected chi connectivity index (χ0v) is 21.7. The van der Waals surface area contributed by atoms with Crippen molar-refractivity contribution in [2.24, 2.45) is 5.16 Å². The smallest absolute Gasteiger partial charge is 0.352 e. The summed E-state index contributed by atoms with van der Waals surface area (Å²) in [5, 5.41) is 18.5. The number of furan rings is 1. The lowest BCUT2D eigenvalue weighted by atomic mass is 10.0. The number of nitrogen functional groups attached to an aromatic ring is 1. The Morgan fingerprint density at radius 2 is 2.19 bits per heavy atom. The van der Waals surface area contributed by atoms with Crippen LogP contribution in [0.3, 0.4) is 0 Å². The van der Waals surface area contributed by atoms with E-state index in [1.807, 2.05) is 36.9 Å². The van der Waals surface area contributed by atoms with Crippen molar-refractivity contribution in [3.63, 3.8) is 0 Å². The number of rotatable bonds is 7. The molecular weight excluding hydrogens is 520 g/mol. The van der Waals surface area contributed by atoms with Crippen LogP contribution in [-0.2, 0) is 25.8 Å². The summed E-state index contributed by atoms with van der Waals surface area (Å²) in [5.41, 5.74) is 7.98. The molecule has 0 aromatic carbocycles. The van der Waals surface area contributed by atoms with E-state index in [-0.39, 0.29) is 22.2 Å². The van der Waals surface area contributed by atoms with Gasteiger partial charge in [-0.15, -0.1) is 23.1 Å². The number of pyridine rings is 1. The second-order valence-electron chi connectivity index (χ2n) is 8.57. The summed E-state index contributed by atoms with van der Waals surface area (Å²) in [4.78, 5) is 48.3. The molecule has 2 atom stereocenters. The first kappa shape index (κ1) is 24.8. The van der Waals surface area contributed by atoms with E-state index in [0.29, 0.717) is 17.9 Å². The standard InChI is InChI=1S/C23H22N6O6S2/c1-10-5-28(6-12-4-11(2)35-18(10)12)7-13-8-36-21-16(20(31)29(21)17(13)22(32)33)26-19(30)15(27-34-3)14-9-37-23(24)25-14/h4-6,9,16,21H,7-8H2,1-3H3,(H3-,24,25,26,30,32,33)/p+1/t16?,21-/m1/s1. The van der Waals surface area contributed by atoms with Crippen molar-refractivity contribution in [1.82, 2.24) is 15.2 Å². The maximum Gasteiger partial charge on any atom is 0.352 e. The number of carbonyl (C=O) groups excluding carboxylic acids is 2. The fourth-order valence-corrected chi connectivity index (χ4v) is 6.36. The number of anilines is 1. The van der Waals surface area contributed by atoms with Crippen LogP contribution in [0.4, 0.5) is 5.13 Å². The van der Waals surface area contributed by atoms with Gasteiger partial charge in [0.1, 0.15) is 41.3 Å². The first-order chi connectivity index (χ1) is 17.7. The van der Waals surface area contributed by atoms with Crippen molar-refractivity contribution in [2.45, 2.75) is 31.8 Å². The molecule has 5 rings (SSSR count). The van der Waals surface area contributed by atoms with E-state index < -0.39 is 29.2 Å². The summed E-state index contributed by atoms with van der Waals surface area (Å²) in [6, 6.07) is 0.996. The average Bonchev–Trinajstić information content (AvgIpc) is 3.45. The molecule has 1 unspecified atom stereocenters. The fraction of sp³-hybridized carbons (Fsp3) is 0.304. The molecule has 2 aliphatic heterocycles. The molecule has 1 saturated heterocycles. The Morgan fingerprint density at radius 3 is 2.86 bits per heavy atom. The number of carboxylic acid groups (broad SMARTS) is 1. The van der Waals surface area contributed by atoms with Crippen molar-refractivity contribution in [1.29, 1.82) is 0 Å². The molecule has 37 heavy (non-hydrogen) atoms. The normalized spacial score (nSPS) is 19.6. The van der Waals surface area contributed by atoms with Crippen molar-refractivity contribution in [2.75, 3.05) is 18.6 Å². The number of amides is 2. The lowest BCUT2D eigenvalue weighted by Gasteiger charge is -2.49. The summed E-state index contributed by atoms with van der Waals surface area (Å²) in [7, 11) is 1.28. The fourth-order valence-electron chi connectivity index (χ4n) is 4.48. The Morgan fingerprint density at radius 1 is 1.41 bits per heavy atom. The molecule has 0 bridgehead atoms. The van der Waals surface area contributed by atoms with Gasteiger partial charge in [0.15, 0.2) is 29.8 Å². The molecule has 3 aromatic heterocycles. The van der Waals surface area contributed by atoms with Gasteiger partial charge in [0.25, 0.3) is 11.8 Å². The molecule has 12 nitrogen and oxygen atoms in total. The summed E-state index contributed by atoms with van der Waals surface area (Å²) < 4.78 is 7.62. The van der Waals surface area contributed by atoms with Crippen LogP contribution >= 0.6 is 23.1 Å². The number of aromatic nitrogens is 2. The van der Waals surface area contributed by atoms with E-state index in [2.05, 4.69) is 15.5 Å². The van der Waals surface area contributed by atoms with Crippen molar-refractivity contribution >= 4 is 62.7 Å². The number of thioether (sulfide) groups is 1. The lowest BCUT2D eigenvalue weighted by molar-refractivity contribution is -0.688. The molecule has 3 aromatic rings. The predicted molar refractivity (Wildman–Crippen MR) is 136 cm³/mol.